The van der Waals surface area contributed by atoms with Crippen LogP contribution in [0.5, 0.6) is 0 Å². The maximum atomic E-state index is 12.0. The number of nitrogens with zero attached hydrogens (tertiary/aromatic N) is 2. The first-order valence-electron chi connectivity index (χ1n) is 5.55. The summed E-state index contributed by atoms with van der Waals surface area (Å²) < 4.78 is 25.4. The Morgan fingerprint density at radius 1 is 1.50 bits per heavy atom. The number of hydrogen-bond donors (Lipinski definition) is 1. The highest BCUT2D eigenvalue weighted by molar-refractivity contribution is 7.90. The van der Waals surface area contributed by atoms with Gasteiger partial charge >= 0.3 is 0 Å². The van der Waals surface area contributed by atoms with E-state index in [0.29, 0.717) is 13.0 Å². The Labute approximate surface area is 96.7 Å². The molecule has 0 aromatic heterocycles. The average Bonchev–Trinajstić information content (AvgIpc) is 2.52. The maximum absolute atomic E-state index is 12.0. The number of aliphatic hydroxyl groups is 1. The highest BCUT2D eigenvalue weighted by Gasteiger charge is 2.34. The predicted octanol–water partition coefficient (Wildman–Crippen LogP) is 0.465. The number of aliphatic hydroxyl groups excluding tert-OH is 1. The van der Waals surface area contributed by atoms with Crippen LogP contribution >= 0.6 is 0 Å². The molecule has 1 rings (SSSR count). The van der Waals surface area contributed by atoms with Crippen LogP contribution in [0.2, 0.25) is 0 Å². The molecule has 0 aromatic rings. The van der Waals surface area contributed by atoms with Crippen molar-refractivity contribution in [3.63, 3.8) is 0 Å². The molecule has 92 valence electrons. The van der Waals surface area contributed by atoms with Crippen molar-refractivity contribution >= 4 is 10.0 Å². The van der Waals surface area contributed by atoms with E-state index in [4.69, 9.17) is 5.26 Å². The van der Waals surface area contributed by atoms with Gasteiger partial charge in [0.05, 0.1) is 12.7 Å². The molecule has 16 heavy (non-hydrogen) atoms. The molecule has 0 bridgehead atoms. The molecule has 0 saturated carbocycles. The third-order valence-corrected chi connectivity index (χ3v) is 5.12. The molecule has 0 amide bonds. The lowest BCUT2D eigenvalue weighted by Crippen LogP contribution is -2.45. The van der Waals surface area contributed by atoms with E-state index in [0.717, 1.165) is 19.3 Å². The van der Waals surface area contributed by atoms with E-state index in [1.807, 2.05) is 0 Å². The van der Waals surface area contributed by atoms with E-state index < -0.39 is 15.3 Å². The quantitative estimate of drug-likeness (QED) is 0.784. The van der Waals surface area contributed by atoms with Crippen LogP contribution in [0, 0.1) is 11.3 Å². The fourth-order valence-corrected chi connectivity index (χ4v) is 3.45. The summed E-state index contributed by atoms with van der Waals surface area (Å²) in [6.07, 6.45) is 3.38. The Kier molecular flexibility index (Phi) is 4.71. The first-order valence-corrected chi connectivity index (χ1v) is 7.05. The summed E-state index contributed by atoms with van der Waals surface area (Å²) in [4.78, 5) is 0. The van der Waals surface area contributed by atoms with Gasteiger partial charge < -0.3 is 5.11 Å². The molecule has 1 aliphatic heterocycles. The van der Waals surface area contributed by atoms with Crippen molar-refractivity contribution in [2.45, 2.75) is 43.9 Å². The Balaban J connectivity index is 2.94. The molecule has 1 heterocycles. The van der Waals surface area contributed by atoms with Crippen molar-refractivity contribution in [2.24, 2.45) is 0 Å². The van der Waals surface area contributed by atoms with Crippen LogP contribution in [0.3, 0.4) is 0 Å². The molecule has 0 aliphatic carbocycles. The van der Waals surface area contributed by atoms with E-state index in [9.17, 15) is 13.5 Å². The van der Waals surface area contributed by atoms with Crippen molar-refractivity contribution in [1.82, 2.24) is 4.31 Å². The highest BCUT2D eigenvalue weighted by atomic mass is 32.2. The van der Waals surface area contributed by atoms with Gasteiger partial charge in [-0.25, -0.2) is 8.42 Å². The lowest BCUT2D eigenvalue weighted by atomic mass is 10.1. The maximum Gasteiger partial charge on any atom is 0.230 e. The van der Waals surface area contributed by atoms with Gasteiger partial charge in [-0.2, -0.15) is 9.57 Å². The van der Waals surface area contributed by atoms with Crippen molar-refractivity contribution in [1.29, 1.82) is 5.26 Å². The van der Waals surface area contributed by atoms with Crippen molar-refractivity contribution in [3.05, 3.63) is 0 Å². The van der Waals surface area contributed by atoms with Crippen LogP contribution in [0.1, 0.15) is 32.6 Å². The van der Waals surface area contributed by atoms with Gasteiger partial charge in [0.15, 0.2) is 5.25 Å². The summed E-state index contributed by atoms with van der Waals surface area (Å²) in [5.41, 5.74) is 0. The molecular weight excluding hydrogens is 228 g/mol. The smallest absolute Gasteiger partial charge is 0.230 e. The molecule has 1 saturated heterocycles. The predicted molar refractivity (Wildman–Crippen MR) is 60.0 cm³/mol. The molecule has 0 radical (unpaired) electrons. The van der Waals surface area contributed by atoms with Crippen LogP contribution in [0.25, 0.3) is 0 Å². The SMILES string of the molecule is CC(C#N)S(=O)(=O)N1CCCCCC1CO. The Bertz CT molecular complexity index is 361. The van der Waals surface area contributed by atoms with Crippen LogP contribution in [0.4, 0.5) is 0 Å². The summed E-state index contributed by atoms with van der Waals surface area (Å²) >= 11 is 0. The van der Waals surface area contributed by atoms with Crippen molar-refractivity contribution in [3.8, 4) is 6.07 Å². The zero-order valence-electron chi connectivity index (χ0n) is 9.46. The molecule has 1 N–H and O–H groups in total. The fourth-order valence-electron chi connectivity index (χ4n) is 1.94. The van der Waals surface area contributed by atoms with Crippen molar-refractivity contribution in [2.75, 3.05) is 13.2 Å². The summed E-state index contributed by atoms with van der Waals surface area (Å²) in [6, 6.07) is 1.40. The second kappa shape index (κ2) is 5.62. The van der Waals surface area contributed by atoms with Gasteiger partial charge in [-0.15, -0.1) is 0 Å². The Morgan fingerprint density at radius 3 is 2.75 bits per heavy atom. The number of nitriles is 1. The van der Waals surface area contributed by atoms with Crippen LogP contribution in [-0.4, -0.2) is 42.3 Å². The summed E-state index contributed by atoms with van der Waals surface area (Å²) in [5.74, 6) is 0. The van der Waals surface area contributed by atoms with E-state index in [-0.39, 0.29) is 12.6 Å². The van der Waals surface area contributed by atoms with E-state index in [1.54, 1.807) is 6.07 Å². The average molecular weight is 246 g/mol. The van der Waals surface area contributed by atoms with Gasteiger partial charge in [0, 0.05) is 12.6 Å². The highest BCUT2D eigenvalue weighted by Crippen LogP contribution is 2.21. The Hall–Kier alpha value is -0.640. The van der Waals surface area contributed by atoms with Gasteiger partial charge in [-0.3, -0.25) is 0 Å². The van der Waals surface area contributed by atoms with Crippen LogP contribution in [0.15, 0.2) is 0 Å². The van der Waals surface area contributed by atoms with Gasteiger partial charge in [-0.1, -0.05) is 12.8 Å². The molecule has 5 nitrogen and oxygen atoms in total. The summed E-state index contributed by atoms with van der Waals surface area (Å²) in [7, 11) is -3.58. The van der Waals surface area contributed by atoms with Crippen molar-refractivity contribution < 1.29 is 13.5 Å². The van der Waals surface area contributed by atoms with Gasteiger partial charge in [0.25, 0.3) is 0 Å². The second-order valence-corrected chi connectivity index (χ2v) is 6.32. The molecule has 2 atom stereocenters. The minimum absolute atomic E-state index is 0.169. The van der Waals surface area contributed by atoms with Gasteiger partial charge in [0.1, 0.15) is 0 Å². The summed E-state index contributed by atoms with van der Waals surface area (Å²) in [6.45, 7) is 1.63. The van der Waals surface area contributed by atoms with Gasteiger partial charge in [-0.05, 0) is 19.8 Å². The standard InChI is InChI=1S/C10H18N2O3S/c1-9(7-11)16(14,15)12-6-4-2-3-5-10(12)8-13/h9-10,13H,2-6,8H2,1H3. The van der Waals surface area contributed by atoms with Crippen LogP contribution < -0.4 is 0 Å². The minimum Gasteiger partial charge on any atom is -0.395 e. The largest absolute Gasteiger partial charge is 0.395 e. The number of rotatable bonds is 3. The molecule has 0 aromatic carbocycles. The third-order valence-electron chi connectivity index (χ3n) is 2.99. The zero-order valence-corrected chi connectivity index (χ0v) is 10.3. The molecule has 0 spiro atoms. The first-order chi connectivity index (χ1) is 7.54. The summed E-state index contributed by atoms with van der Waals surface area (Å²) in [5, 5.41) is 16.9. The lowest BCUT2D eigenvalue weighted by molar-refractivity contribution is 0.186. The van der Waals surface area contributed by atoms with E-state index in [1.165, 1.54) is 11.2 Å². The number of sulfonamides is 1. The molecular formula is C10H18N2O3S. The zero-order chi connectivity index (χ0) is 12.2. The molecule has 6 heteroatoms. The van der Waals surface area contributed by atoms with E-state index in [2.05, 4.69) is 0 Å². The normalized spacial score (nSPS) is 25.7. The topological polar surface area (TPSA) is 81.4 Å². The first kappa shape index (κ1) is 13.4. The van der Waals surface area contributed by atoms with Gasteiger partial charge in [0.2, 0.25) is 10.0 Å². The minimum atomic E-state index is -3.58. The Morgan fingerprint density at radius 2 is 2.19 bits per heavy atom. The lowest BCUT2D eigenvalue weighted by Gasteiger charge is -2.28. The number of hydrogen-bond acceptors (Lipinski definition) is 4. The second-order valence-electron chi connectivity index (χ2n) is 4.11. The fraction of sp³-hybridized carbons (Fsp3) is 0.900. The third kappa shape index (κ3) is 2.73. The van der Waals surface area contributed by atoms with E-state index >= 15 is 0 Å². The molecule has 2 unspecified atom stereocenters. The van der Waals surface area contributed by atoms with Crippen LogP contribution in [-0.2, 0) is 10.0 Å². The molecule has 1 aliphatic rings. The monoisotopic (exact) mass is 246 g/mol. The molecule has 1 fully saturated rings.